The number of rotatable bonds is 5. The van der Waals surface area contributed by atoms with Crippen molar-refractivity contribution < 1.29 is 9.59 Å². The van der Waals surface area contributed by atoms with Crippen LogP contribution in [0.2, 0.25) is 0 Å². The monoisotopic (exact) mass is 196 g/mol. The van der Waals surface area contributed by atoms with Crippen LogP contribution in [-0.4, -0.2) is 23.0 Å². The van der Waals surface area contributed by atoms with Crippen LogP contribution < -0.4 is 0 Å². The first-order valence-electron chi connectivity index (χ1n) is 4.54. The largest absolute Gasteiger partial charge is 0.301 e. The van der Waals surface area contributed by atoms with Crippen LogP contribution in [0.4, 0.5) is 0 Å². The second-order valence-electron chi connectivity index (χ2n) is 3.79. The molecule has 0 radical (unpaired) electrons. The SMILES string of the molecule is CC(C)C(=N)C(=O)C(=O)C(=N)C(C)C. The van der Waals surface area contributed by atoms with Crippen LogP contribution in [0.5, 0.6) is 0 Å². The standard InChI is InChI=1S/C10H16N2O2/c1-5(2)7(11)9(13)10(14)8(12)6(3)4/h5-6,11-12H,1-4H3. The molecule has 0 aromatic rings. The minimum absolute atomic E-state index is 0.222. The van der Waals surface area contributed by atoms with Crippen molar-refractivity contribution >= 4 is 23.0 Å². The second-order valence-corrected chi connectivity index (χ2v) is 3.79. The Morgan fingerprint density at radius 1 is 0.786 bits per heavy atom. The molecule has 0 aliphatic heterocycles. The molecule has 0 saturated heterocycles. The molecule has 0 unspecified atom stereocenters. The highest BCUT2D eigenvalue weighted by Crippen LogP contribution is 2.01. The van der Waals surface area contributed by atoms with Crippen molar-refractivity contribution in [3.05, 3.63) is 0 Å². The Morgan fingerprint density at radius 2 is 1.00 bits per heavy atom. The number of carbonyl (C=O) groups excluding carboxylic acids is 2. The van der Waals surface area contributed by atoms with E-state index in [4.69, 9.17) is 10.8 Å². The van der Waals surface area contributed by atoms with Gasteiger partial charge in [0.1, 0.15) is 0 Å². The van der Waals surface area contributed by atoms with Gasteiger partial charge in [-0.2, -0.15) is 0 Å². The molecule has 4 heteroatoms. The average Bonchev–Trinajstić information content (AvgIpc) is 2.12. The Bertz CT molecular complexity index is 260. The first kappa shape index (κ1) is 12.7. The van der Waals surface area contributed by atoms with Gasteiger partial charge >= 0.3 is 0 Å². The molecule has 0 amide bonds. The summed E-state index contributed by atoms with van der Waals surface area (Å²) in [5, 5.41) is 14.7. The van der Waals surface area contributed by atoms with Crippen LogP contribution >= 0.6 is 0 Å². The van der Waals surface area contributed by atoms with Gasteiger partial charge in [0.05, 0.1) is 11.4 Å². The summed E-state index contributed by atoms with van der Waals surface area (Å²) in [6.07, 6.45) is 0. The van der Waals surface area contributed by atoms with Crippen molar-refractivity contribution in [3.63, 3.8) is 0 Å². The zero-order valence-corrected chi connectivity index (χ0v) is 8.97. The third kappa shape index (κ3) is 2.87. The van der Waals surface area contributed by atoms with Crippen LogP contribution in [0.1, 0.15) is 27.7 Å². The third-order valence-electron chi connectivity index (χ3n) is 1.85. The van der Waals surface area contributed by atoms with E-state index in [0.29, 0.717) is 0 Å². The summed E-state index contributed by atoms with van der Waals surface area (Å²) < 4.78 is 0. The van der Waals surface area contributed by atoms with Gasteiger partial charge in [0, 0.05) is 0 Å². The van der Waals surface area contributed by atoms with Crippen LogP contribution in [-0.2, 0) is 9.59 Å². The minimum atomic E-state index is -0.848. The van der Waals surface area contributed by atoms with Gasteiger partial charge in [0.25, 0.3) is 0 Å². The molecule has 14 heavy (non-hydrogen) atoms. The summed E-state index contributed by atoms with van der Waals surface area (Å²) in [6, 6.07) is 0. The molecule has 0 aromatic carbocycles. The molecular weight excluding hydrogens is 180 g/mol. The molecule has 0 bridgehead atoms. The fraction of sp³-hybridized carbons (Fsp3) is 0.600. The van der Waals surface area contributed by atoms with E-state index in [9.17, 15) is 9.59 Å². The predicted molar refractivity (Wildman–Crippen MR) is 55.1 cm³/mol. The van der Waals surface area contributed by atoms with E-state index in [-0.39, 0.29) is 23.3 Å². The van der Waals surface area contributed by atoms with Gasteiger partial charge in [-0.1, -0.05) is 27.7 Å². The van der Waals surface area contributed by atoms with Gasteiger partial charge in [-0.25, -0.2) is 0 Å². The topological polar surface area (TPSA) is 81.8 Å². The molecule has 0 aliphatic carbocycles. The maximum absolute atomic E-state index is 11.3. The van der Waals surface area contributed by atoms with Crippen molar-refractivity contribution in [1.82, 2.24) is 0 Å². The van der Waals surface area contributed by atoms with Gasteiger partial charge in [0.2, 0.25) is 11.6 Å². The van der Waals surface area contributed by atoms with E-state index in [1.54, 1.807) is 27.7 Å². The molecule has 2 N–H and O–H groups in total. The second kappa shape index (κ2) is 4.79. The van der Waals surface area contributed by atoms with Gasteiger partial charge in [0.15, 0.2) is 0 Å². The quantitative estimate of drug-likeness (QED) is 0.515. The normalized spacial score (nSPS) is 10.4. The summed E-state index contributed by atoms with van der Waals surface area (Å²) in [6.45, 7) is 6.69. The number of hydrogen-bond donors (Lipinski definition) is 2. The van der Waals surface area contributed by atoms with Crippen LogP contribution in [0, 0.1) is 22.7 Å². The van der Waals surface area contributed by atoms with Gasteiger partial charge < -0.3 is 10.8 Å². The van der Waals surface area contributed by atoms with E-state index in [1.807, 2.05) is 0 Å². The number of carbonyl (C=O) groups is 2. The van der Waals surface area contributed by atoms with Gasteiger partial charge in [-0.15, -0.1) is 0 Å². The van der Waals surface area contributed by atoms with Crippen molar-refractivity contribution in [1.29, 1.82) is 10.8 Å². The summed E-state index contributed by atoms with van der Waals surface area (Å²) in [5.74, 6) is -2.24. The Kier molecular flexibility index (Phi) is 4.34. The fourth-order valence-electron chi connectivity index (χ4n) is 0.769. The average molecular weight is 196 g/mol. The molecule has 0 aliphatic rings. The predicted octanol–water partition coefficient (Wildman–Crippen LogP) is 1.48. The molecular formula is C10H16N2O2. The maximum atomic E-state index is 11.3. The van der Waals surface area contributed by atoms with Crippen LogP contribution in [0.3, 0.4) is 0 Å². The lowest BCUT2D eigenvalue weighted by atomic mass is 9.95. The lowest BCUT2D eigenvalue weighted by Crippen LogP contribution is -2.34. The van der Waals surface area contributed by atoms with Gasteiger partial charge in [-0.05, 0) is 11.8 Å². The Hall–Kier alpha value is -1.32. The number of ketones is 2. The Balaban J connectivity index is 4.65. The molecule has 0 heterocycles. The van der Waals surface area contributed by atoms with Crippen molar-refractivity contribution in [2.24, 2.45) is 11.8 Å². The zero-order valence-electron chi connectivity index (χ0n) is 8.97. The van der Waals surface area contributed by atoms with Gasteiger partial charge in [-0.3, -0.25) is 9.59 Å². The van der Waals surface area contributed by atoms with Crippen LogP contribution in [0.25, 0.3) is 0 Å². The van der Waals surface area contributed by atoms with Crippen molar-refractivity contribution in [3.8, 4) is 0 Å². The lowest BCUT2D eigenvalue weighted by Gasteiger charge is -2.07. The highest BCUT2D eigenvalue weighted by Gasteiger charge is 2.26. The smallest absolute Gasteiger partial charge is 0.248 e. The first-order valence-corrected chi connectivity index (χ1v) is 4.54. The van der Waals surface area contributed by atoms with E-state index in [0.717, 1.165) is 0 Å². The first-order chi connectivity index (χ1) is 6.29. The molecule has 0 atom stereocenters. The lowest BCUT2D eigenvalue weighted by molar-refractivity contribution is -0.129. The highest BCUT2D eigenvalue weighted by atomic mass is 16.2. The third-order valence-corrected chi connectivity index (χ3v) is 1.85. The van der Waals surface area contributed by atoms with Crippen LogP contribution in [0.15, 0.2) is 0 Å². The summed E-state index contributed by atoms with van der Waals surface area (Å²) in [4.78, 5) is 22.6. The molecule has 4 nitrogen and oxygen atoms in total. The number of nitrogens with one attached hydrogen (secondary N) is 2. The van der Waals surface area contributed by atoms with Crippen molar-refractivity contribution in [2.75, 3.05) is 0 Å². The van der Waals surface area contributed by atoms with E-state index in [2.05, 4.69) is 0 Å². The Labute approximate surface area is 83.7 Å². The molecule has 0 saturated carbocycles. The fourth-order valence-corrected chi connectivity index (χ4v) is 0.769. The maximum Gasteiger partial charge on any atom is 0.248 e. The van der Waals surface area contributed by atoms with Crippen molar-refractivity contribution in [2.45, 2.75) is 27.7 Å². The molecule has 0 spiro atoms. The number of hydrogen-bond acceptors (Lipinski definition) is 4. The molecule has 0 fully saturated rings. The summed E-state index contributed by atoms with van der Waals surface area (Å²) in [5.41, 5.74) is -0.444. The number of Topliss-reactive ketones (excluding diaryl/α,β-unsaturated/α-hetero) is 2. The summed E-state index contributed by atoms with van der Waals surface area (Å²) in [7, 11) is 0. The Morgan fingerprint density at radius 3 is 1.14 bits per heavy atom. The zero-order chi connectivity index (χ0) is 11.5. The minimum Gasteiger partial charge on any atom is -0.301 e. The molecule has 0 aromatic heterocycles. The highest BCUT2D eigenvalue weighted by molar-refractivity contribution is 6.79. The summed E-state index contributed by atoms with van der Waals surface area (Å²) >= 11 is 0. The van der Waals surface area contributed by atoms with E-state index >= 15 is 0 Å². The molecule has 78 valence electrons. The van der Waals surface area contributed by atoms with E-state index < -0.39 is 11.6 Å². The molecule has 0 rings (SSSR count). The van der Waals surface area contributed by atoms with E-state index in [1.165, 1.54) is 0 Å².